The summed E-state index contributed by atoms with van der Waals surface area (Å²) in [5, 5.41) is 7.54. The molecule has 0 aliphatic heterocycles. The summed E-state index contributed by atoms with van der Waals surface area (Å²) in [7, 11) is 0. The molecule has 4 nitrogen and oxygen atoms in total. The molecule has 1 rings (SSSR count). The largest absolute Gasteiger partial charge is 0.306 e. The number of nitrogens with one attached hydrogen (secondary N) is 1. The predicted octanol–water partition coefficient (Wildman–Crippen LogP) is 1.97. The minimum absolute atomic E-state index is 0.348. The van der Waals surface area contributed by atoms with Crippen LogP contribution < -0.4 is 5.32 Å². The first kappa shape index (κ1) is 12.5. The normalized spacial score (nSPS) is 13.4. The van der Waals surface area contributed by atoms with Gasteiger partial charge in [-0.05, 0) is 20.3 Å². The van der Waals surface area contributed by atoms with Gasteiger partial charge in [0.05, 0.1) is 6.54 Å². The summed E-state index contributed by atoms with van der Waals surface area (Å²) in [6.45, 7) is 7.03. The molecule has 1 N–H and O–H groups in total. The Morgan fingerprint density at radius 2 is 2.27 bits per heavy atom. The van der Waals surface area contributed by atoms with Crippen molar-refractivity contribution in [3.8, 4) is 0 Å². The van der Waals surface area contributed by atoms with Gasteiger partial charge in [-0.25, -0.2) is 9.67 Å². The molecule has 0 spiro atoms. The second kappa shape index (κ2) is 6.08. The van der Waals surface area contributed by atoms with Gasteiger partial charge in [0, 0.05) is 18.0 Å². The lowest BCUT2D eigenvalue weighted by molar-refractivity contribution is 0.466. The topological polar surface area (TPSA) is 42.7 Å². The van der Waals surface area contributed by atoms with Crippen LogP contribution in [0.4, 0.5) is 0 Å². The fraction of sp³-hybridized carbons (Fsp3) is 0.800. The average molecular weight is 231 g/mol. The Hall–Kier alpha value is -0.610. The molecule has 1 atom stereocenters. The fourth-order valence-corrected chi connectivity index (χ4v) is 1.70. The van der Waals surface area contributed by atoms with Crippen LogP contribution in [-0.2, 0) is 6.54 Å². The van der Waals surface area contributed by atoms with E-state index in [1.807, 2.05) is 4.68 Å². The summed E-state index contributed by atoms with van der Waals surface area (Å²) in [5.41, 5.74) is 0. The van der Waals surface area contributed by atoms with E-state index in [4.69, 9.17) is 11.6 Å². The van der Waals surface area contributed by atoms with E-state index in [9.17, 15) is 0 Å². The zero-order valence-electron chi connectivity index (χ0n) is 9.57. The molecule has 0 aliphatic carbocycles. The van der Waals surface area contributed by atoms with E-state index >= 15 is 0 Å². The van der Waals surface area contributed by atoms with Crippen molar-refractivity contribution in [1.29, 1.82) is 0 Å². The standard InChI is InChI=1S/C10H19ClN4/c1-4-9(5-11)12-6-10-13-7-14-15(10)8(2)3/h7-9,12H,4-6H2,1-3H3. The van der Waals surface area contributed by atoms with Crippen molar-refractivity contribution in [3.63, 3.8) is 0 Å². The third kappa shape index (κ3) is 3.47. The van der Waals surface area contributed by atoms with Crippen LogP contribution >= 0.6 is 11.6 Å². The summed E-state index contributed by atoms with van der Waals surface area (Å²) in [4.78, 5) is 4.22. The maximum Gasteiger partial charge on any atom is 0.141 e. The second-order valence-electron chi connectivity index (χ2n) is 3.85. The number of rotatable bonds is 6. The fourth-order valence-electron chi connectivity index (χ4n) is 1.38. The van der Waals surface area contributed by atoms with E-state index < -0.39 is 0 Å². The Morgan fingerprint density at radius 3 is 2.80 bits per heavy atom. The number of halogens is 1. The van der Waals surface area contributed by atoms with Crippen LogP contribution in [0.2, 0.25) is 0 Å². The van der Waals surface area contributed by atoms with Gasteiger partial charge in [-0.1, -0.05) is 6.92 Å². The van der Waals surface area contributed by atoms with Crippen molar-refractivity contribution in [1.82, 2.24) is 20.1 Å². The number of aromatic nitrogens is 3. The van der Waals surface area contributed by atoms with Crippen LogP contribution in [0.3, 0.4) is 0 Å². The Kier molecular flexibility index (Phi) is 5.05. The lowest BCUT2D eigenvalue weighted by atomic mass is 10.2. The first-order valence-corrected chi connectivity index (χ1v) is 5.90. The molecule has 15 heavy (non-hydrogen) atoms. The molecule has 86 valence electrons. The van der Waals surface area contributed by atoms with Crippen LogP contribution in [0.1, 0.15) is 39.1 Å². The smallest absolute Gasteiger partial charge is 0.141 e. The minimum Gasteiger partial charge on any atom is -0.306 e. The van der Waals surface area contributed by atoms with Gasteiger partial charge >= 0.3 is 0 Å². The maximum absolute atomic E-state index is 5.80. The summed E-state index contributed by atoms with van der Waals surface area (Å²) in [5.74, 6) is 1.60. The van der Waals surface area contributed by atoms with Crippen molar-refractivity contribution in [3.05, 3.63) is 12.2 Å². The summed E-state index contributed by atoms with van der Waals surface area (Å²) in [6.07, 6.45) is 2.62. The molecule has 1 unspecified atom stereocenters. The number of alkyl halides is 1. The molecule has 1 heterocycles. The van der Waals surface area contributed by atoms with E-state index in [0.29, 0.717) is 18.0 Å². The zero-order valence-corrected chi connectivity index (χ0v) is 10.3. The Morgan fingerprint density at radius 1 is 1.53 bits per heavy atom. The van der Waals surface area contributed by atoms with E-state index in [1.54, 1.807) is 6.33 Å². The molecule has 0 bridgehead atoms. The van der Waals surface area contributed by atoms with E-state index in [0.717, 1.165) is 18.8 Å². The summed E-state index contributed by atoms with van der Waals surface area (Å²) in [6, 6.07) is 0.698. The molecule has 5 heteroatoms. The van der Waals surface area contributed by atoms with Gasteiger partial charge in [0.25, 0.3) is 0 Å². The Bertz CT molecular complexity index is 281. The average Bonchev–Trinajstić information content (AvgIpc) is 2.67. The van der Waals surface area contributed by atoms with E-state index in [2.05, 4.69) is 36.2 Å². The first-order valence-electron chi connectivity index (χ1n) is 5.36. The van der Waals surface area contributed by atoms with Crippen molar-refractivity contribution < 1.29 is 0 Å². The first-order chi connectivity index (χ1) is 7.19. The molecular weight excluding hydrogens is 212 g/mol. The molecule has 1 aromatic heterocycles. The van der Waals surface area contributed by atoms with Gasteiger partial charge in [0.15, 0.2) is 0 Å². The number of nitrogens with zero attached hydrogens (tertiary/aromatic N) is 3. The molecule has 1 aromatic rings. The van der Waals surface area contributed by atoms with Crippen LogP contribution in [0.15, 0.2) is 6.33 Å². The SMILES string of the molecule is CCC(CCl)NCc1ncnn1C(C)C. The molecule has 0 aliphatic rings. The van der Waals surface area contributed by atoms with Crippen molar-refractivity contribution in [2.45, 2.75) is 45.8 Å². The number of hydrogen-bond donors (Lipinski definition) is 1. The second-order valence-corrected chi connectivity index (χ2v) is 4.16. The highest BCUT2D eigenvalue weighted by Gasteiger charge is 2.09. The van der Waals surface area contributed by atoms with Crippen LogP contribution in [0.5, 0.6) is 0 Å². The Balaban J connectivity index is 2.53. The minimum atomic E-state index is 0.348. The lowest BCUT2D eigenvalue weighted by Gasteiger charge is -2.14. The van der Waals surface area contributed by atoms with Crippen molar-refractivity contribution >= 4 is 11.6 Å². The Labute approximate surface area is 96.0 Å². The predicted molar refractivity (Wildman–Crippen MR) is 62.0 cm³/mol. The van der Waals surface area contributed by atoms with Gasteiger partial charge < -0.3 is 5.32 Å². The highest BCUT2D eigenvalue weighted by atomic mass is 35.5. The third-order valence-corrected chi connectivity index (χ3v) is 2.74. The third-order valence-electron chi connectivity index (χ3n) is 2.36. The monoisotopic (exact) mass is 230 g/mol. The molecule has 0 radical (unpaired) electrons. The molecule has 0 fully saturated rings. The van der Waals surface area contributed by atoms with Gasteiger partial charge in [-0.15, -0.1) is 11.6 Å². The van der Waals surface area contributed by atoms with E-state index in [1.165, 1.54) is 0 Å². The van der Waals surface area contributed by atoms with Gasteiger partial charge in [-0.2, -0.15) is 5.10 Å². The highest BCUT2D eigenvalue weighted by Crippen LogP contribution is 2.05. The van der Waals surface area contributed by atoms with E-state index in [-0.39, 0.29) is 0 Å². The molecule has 0 amide bonds. The van der Waals surface area contributed by atoms with Crippen molar-refractivity contribution in [2.75, 3.05) is 5.88 Å². The zero-order chi connectivity index (χ0) is 11.3. The van der Waals surface area contributed by atoms with Crippen LogP contribution in [0, 0.1) is 0 Å². The van der Waals surface area contributed by atoms with Crippen molar-refractivity contribution in [2.24, 2.45) is 0 Å². The summed E-state index contributed by atoms with van der Waals surface area (Å²) >= 11 is 5.80. The maximum atomic E-state index is 5.80. The molecule has 0 saturated heterocycles. The molecule has 0 aromatic carbocycles. The number of hydrogen-bond acceptors (Lipinski definition) is 3. The lowest BCUT2D eigenvalue weighted by Crippen LogP contribution is -2.30. The van der Waals surface area contributed by atoms with Crippen LogP contribution in [-0.4, -0.2) is 26.7 Å². The van der Waals surface area contributed by atoms with Gasteiger partial charge in [0.2, 0.25) is 0 Å². The van der Waals surface area contributed by atoms with Gasteiger partial charge in [-0.3, -0.25) is 0 Å². The van der Waals surface area contributed by atoms with Crippen LogP contribution in [0.25, 0.3) is 0 Å². The summed E-state index contributed by atoms with van der Waals surface area (Å²) < 4.78 is 1.92. The van der Waals surface area contributed by atoms with Gasteiger partial charge in [0.1, 0.15) is 12.2 Å². The quantitative estimate of drug-likeness (QED) is 0.760. The molecule has 0 saturated carbocycles. The highest BCUT2D eigenvalue weighted by molar-refractivity contribution is 6.18. The molecular formula is C10H19ClN4.